The number of nitrogens with one attached hydrogen (secondary N) is 1. The van der Waals surface area contributed by atoms with E-state index in [1.165, 1.54) is 0 Å². The lowest BCUT2D eigenvalue weighted by atomic mass is 10.0. The molecule has 0 aromatic carbocycles. The highest BCUT2D eigenvalue weighted by Crippen LogP contribution is 2.11. The third kappa shape index (κ3) is 2.75. The van der Waals surface area contributed by atoms with E-state index in [4.69, 9.17) is 0 Å². The van der Waals surface area contributed by atoms with Crippen molar-refractivity contribution in [2.45, 2.75) is 46.2 Å². The summed E-state index contributed by atoms with van der Waals surface area (Å²) < 4.78 is 1.65. The summed E-state index contributed by atoms with van der Waals surface area (Å²) in [4.78, 5) is 11.9. The van der Waals surface area contributed by atoms with Crippen LogP contribution in [0.2, 0.25) is 0 Å². The van der Waals surface area contributed by atoms with E-state index in [1.54, 1.807) is 10.7 Å². The third-order valence-electron chi connectivity index (χ3n) is 3.60. The summed E-state index contributed by atoms with van der Waals surface area (Å²) in [5.41, 5.74) is 2.20. The zero-order valence-electron chi connectivity index (χ0n) is 10.7. The van der Waals surface area contributed by atoms with Gasteiger partial charge in [-0.25, -0.2) is 4.68 Å². The molecule has 0 radical (unpaired) electrons. The molecular formula is C13H21N3O. The van der Waals surface area contributed by atoms with Crippen LogP contribution in [-0.4, -0.2) is 16.3 Å². The smallest absolute Gasteiger partial charge is 0.267 e. The van der Waals surface area contributed by atoms with Crippen molar-refractivity contribution in [1.29, 1.82) is 0 Å². The van der Waals surface area contributed by atoms with Crippen molar-refractivity contribution < 1.29 is 0 Å². The number of hydrogen-bond acceptors (Lipinski definition) is 3. The maximum atomic E-state index is 11.9. The molecule has 0 amide bonds. The molecule has 0 saturated carbocycles. The Balaban J connectivity index is 2.25. The van der Waals surface area contributed by atoms with E-state index in [0.29, 0.717) is 5.92 Å². The van der Waals surface area contributed by atoms with Gasteiger partial charge in [-0.15, -0.1) is 0 Å². The molecule has 0 bridgehead atoms. The Morgan fingerprint density at radius 2 is 2.24 bits per heavy atom. The molecule has 1 N–H and O–H groups in total. The van der Waals surface area contributed by atoms with Crippen LogP contribution in [0, 0.1) is 5.92 Å². The molecule has 4 nitrogen and oxygen atoms in total. The van der Waals surface area contributed by atoms with Crippen LogP contribution >= 0.6 is 0 Å². The Morgan fingerprint density at radius 1 is 1.47 bits per heavy atom. The minimum atomic E-state index is 0.0411. The molecule has 2 heterocycles. The fourth-order valence-electron chi connectivity index (χ4n) is 2.28. The molecule has 94 valence electrons. The third-order valence-corrected chi connectivity index (χ3v) is 3.60. The normalized spacial score (nSPS) is 15.0. The van der Waals surface area contributed by atoms with Gasteiger partial charge in [0.05, 0.1) is 5.69 Å². The first-order valence-electron chi connectivity index (χ1n) is 6.55. The van der Waals surface area contributed by atoms with Gasteiger partial charge in [0.1, 0.15) is 0 Å². The second-order valence-corrected chi connectivity index (χ2v) is 4.75. The van der Waals surface area contributed by atoms with Gasteiger partial charge in [-0.05, 0) is 11.5 Å². The van der Waals surface area contributed by atoms with Crippen molar-refractivity contribution in [3.8, 4) is 0 Å². The molecule has 0 saturated heterocycles. The summed E-state index contributed by atoms with van der Waals surface area (Å²) in [5, 5.41) is 7.78. The first kappa shape index (κ1) is 12.3. The largest absolute Gasteiger partial charge is 0.312 e. The number of hydrogen-bond donors (Lipinski definition) is 1. The molecule has 1 aromatic heterocycles. The number of fused-ring (bicyclic) bond motifs is 1. The summed E-state index contributed by atoms with van der Waals surface area (Å²) in [5.74, 6) is 0.556. The highest BCUT2D eigenvalue weighted by molar-refractivity contribution is 5.20. The molecule has 2 rings (SSSR count). The lowest BCUT2D eigenvalue weighted by molar-refractivity contribution is 0.379. The highest BCUT2D eigenvalue weighted by Gasteiger charge is 2.14. The second-order valence-electron chi connectivity index (χ2n) is 4.75. The van der Waals surface area contributed by atoms with E-state index < -0.39 is 0 Å². The topological polar surface area (TPSA) is 46.9 Å². The summed E-state index contributed by atoms with van der Waals surface area (Å²) in [6.07, 6.45) is 3.13. The van der Waals surface area contributed by atoms with E-state index in [9.17, 15) is 4.79 Å². The van der Waals surface area contributed by atoms with Gasteiger partial charge in [-0.2, -0.15) is 5.10 Å². The minimum absolute atomic E-state index is 0.0411. The first-order valence-corrected chi connectivity index (χ1v) is 6.55. The Labute approximate surface area is 102 Å². The number of aromatic nitrogens is 2. The summed E-state index contributed by atoms with van der Waals surface area (Å²) in [6.45, 7) is 6.84. The maximum absolute atomic E-state index is 11.9. The summed E-state index contributed by atoms with van der Waals surface area (Å²) >= 11 is 0. The quantitative estimate of drug-likeness (QED) is 0.856. The van der Waals surface area contributed by atoms with E-state index in [0.717, 1.165) is 50.2 Å². The van der Waals surface area contributed by atoms with Crippen LogP contribution in [0.5, 0.6) is 0 Å². The monoisotopic (exact) mass is 235 g/mol. The van der Waals surface area contributed by atoms with E-state index >= 15 is 0 Å². The first-order chi connectivity index (χ1) is 8.24. The van der Waals surface area contributed by atoms with E-state index in [2.05, 4.69) is 24.3 Å². The van der Waals surface area contributed by atoms with Crippen LogP contribution < -0.4 is 10.9 Å². The molecule has 0 aliphatic carbocycles. The zero-order valence-corrected chi connectivity index (χ0v) is 10.7. The van der Waals surface area contributed by atoms with Crippen LogP contribution in [0.4, 0.5) is 0 Å². The van der Waals surface area contributed by atoms with Crippen molar-refractivity contribution in [3.63, 3.8) is 0 Å². The second kappa shape index (κ2) is 5.45. The van der Waals surface area contributed by atoms with Gasteiger partial charge in [-0.3, -0.25) is 4.79 Å². The van der Waals surface area contributed by atoms with Crippen molar-refractivity contribution in [2.24, 2.45) is 5.92 Å². The van der Waals surface area contributed by atoms with Gasteiger partial charge in [0.15, 0.2) is 0 Å². The molecule has 4 heteroatoms. The average molecular weight is 235 g/mol. The van der Waals surface area contributed by atoms with Gasteiger partial charge >= 0.3 is 0 Å². The Morgan fingerprint density at radius 3 is 2.94 bits per heavy atom. The van der Waals surface area contributed by atoms with E-state index in [1.807, 2.05) is 0 Å². The number of rotatable bonds is 4. The maximum Gasteiger partial charge on any atom is 0.267 e. The van der Waals surface area contributed by atoms with Crippen molar-refractivity contribution in [3.05, 3.63) is 27.7 Å². The van der Waals surface area contributed by atoms with Gasteiger partial charge in [0.2, 0.25) is 0 Å². The predicted octanol–water partition coefficient (Wildman–Crippen LogP) is 1.33. The molecule has 17 heavy (non-hydrogen) atoms. The highest BCUT2D eigenvalue weighted by atomic mass is 16.1. The SMILES string of the molecule is CCC(CC)Cn1nc2c(cc1=O)CNCC2. The van der Waals surface area contributed by atoms with Crippen molar-refractivity contribution >= 4 is 0 Å². The van der Waals surface area contributed by atoms with Crippen LogP contribution in [0.15, 0.2) is 10.9 Å². The Bertz CT molecular complexity index is 435. The molecular weight excluding hydrogens is 214 g/mol. The Kier molecular flexibility index (Phi) is 3.94. The van der Waals surface area contributed by atoms with Gasteiger partial charge in [-0.1, -0.05) is 26.7 Å². The van der Waals surface area contributed by atoms with Crippen LogP contribution in [0.3, 0.4) is 0 Å². The number of nitrogens with zero attached hydrogens (tertiary/aromatic N) is 2. The van der Waals surface area contributed by atoms with Gasteiger partial charge < -0.3 is 5.32 Å². The lowest BCUT2D eigenvalue weighted by Crippen LogP contribution is -2.32. The van der Waals surface area contributed by atoms with Gasteiger partial charge in [0, 0.05) is 32.1 Å². The van der Waals surface area contributed by atoms with Gasteiger partial charge in [0.25, 0.3) is 5.56 Å². The molecule has 0 atom stereocenters. The Hall–Kier alpha value is -1.16. The fourth-order valence-corrected chi connectivity index (χ4v) is 2.28. The molecule has 1 aliphatic rings. The lowest BCUT2D eigenvalue weighted by Gasteiger charge is -2.19. The molecule has 1 aromatic rings. The molecule has 0 unspecified atom stereocenters. The van der Waals surface area contributed by atoms with Crippen LogP contribution in [0.1, 0.15) is 37.9 Å². The average Bonchev–Trinajstić information content (AvgIpc) is 2.36. The standard InChI is InChI=1S/C13H21N3O/c1-3-10(4-2)9-16-13(17)7-11-8-14-6-5-12(11)15-16/h7,10,14H,3-6,8-9H2,1-2H3. The summed E-state index contributed by atoms with van der Waals surface area (Å²) in [7, 11) is 0. The van der Waals surface area contributed by atoms with Crippen LogP contribution in [-0.2, 0) is 19.5 Å². The van der Waals surface area contributed by atoms with Crippen molar-refractivity contribution in [1.82, 2.24) is 15.1 Å². The van der Waals surface area contributed by atoms with E-state index in [-0.39, 0.29) is 5.56 Å². The molecule has 0 fully saturated rings. The predicted molar refractivity (Wildman–Crippen MR) is 68.0 cm³/mol. The zero-order chi connectivity index (χ0) is 12.3. The fraction of sp³-hybridized carbons (Fsp3) is 0.692. The van der Waals surface area contributed by atoms with Crippen LogP contribution in [0.25, 0.3) is 0 Å². The molecule has 0 spiro atoms. The van der Waals surface area contributed by atoms with Crippen molar-refractivity contribution in [2.75, 3.05) is 6.54 Å². The minimum Gasteiger partial charge on any atom is -0.312 e. The molecule has 1 aliphatic heterocycles. The summed E-state index contributed by atoms with van der Waals surface area (Å²) in [6, 6.07) is 1.75.